The summed E-state index contributed by atoms with van der Waals surface area (Å²) in [5, 5.41) is 54.4. The Morgan fingerprint density at radius 3 is 2.27 bits per heavy atom. The van der Waals surface area contributed by atoms with E-state index in [1.807, 2.05) is 0 Å². The molecule has 214 valence electrons. The highest BCUT2D eigenvalue weighted by molar-refractivity contribution is 5.89. The van der Waals surface area contributed by atoms with Gasteiger partial charge in [-0.05, 0) is 5.92 Å². The summed E-state index contributed by atoms with van der Waals surface area (Å²) >= 11 is 0. The number of phenols is 2. The highest BCUT2D eigenvalue weighted by Gasteiger charge is 2.49. The number of hydrogen-bond donors (Lipinski definition) is 6. The standard InChI is InChI=1S/C27H29NO12/c1-11(2)18(26(36)37-3)28-25(35)24-22(33)21(32)23(34)27(40-24)39-16-10-15-17(20(31)19(16)30)13(29)9-14(38-15)12-7-5-4-6-8-12/h4-11,18,21-24,27,30-34H,1-3H3,(H,28,35)/t18-,21+,22-,23-,24-,27+/m0/s1. The summed E-state index contributed by atoms with van der Waals surface area (Å²) in [7, 11) is 1.14. The van der Waals surface area contributed by atoms with Gasteiger partial charge in [-0.15, -0.1) is 0 Å². The minimum Gasteiger partial charge on any atom is -0.504 e. The molecule has 1 aliphatic heterocycles. The lowest BCUT2D eigenvalue weighted by Crippen LogP contribution is -2.64. The largest absolute Gasteiger partial charge is 0.504 e. The highest BCUT2D eigenvalue weighted by Crippen LogP contribution is 2.42. The van der Waals surface area contributed by atoms with Crippen molar-refractivity contribution in [3.63, 3.8) is 0 Å². The molecule has 40 heavy (non-hydrogen) atoms. The van der Waals surface area contributed by atoms with E-state index in [0.717, 1.165) is 19.2 Å². The minimum atomic E-state index is -1.95. The van der Waals surface area contributed by atoms with Crippen molar-refractivity contribution in [3.05, 3.63) is 52.7 Å². The van der Waals surface area contributed by atoms with Crippen LogP contribution in [0.2, 0.25) is 0 Å². The summed E-state index contributed by atoms with van der Waals surface area (Å²) in [6.45, 7) is 3.28. The van der Waals surface area contributed by atoms with Crippen molar-refractivity contribution in [1.29, 1.82) is 0 Å². The Morgan fingerprint density at radius 1 is 0.975 bits per heavy atom. The van der Waals surface area contributed by atoms with Crippen LogP contribution in [0.5, 0.6) is 17.2 Å². The van der Waals surface area contributed by atoms with Crippen LogP contribution in [-0.4, -0.2) is 81.3 Å². The summed E-state index contributed by atoms with van der Waals surface area (Å²) in [6.07, 6.45) is -9.50. The second-order valence-corrected chi connectivity index (χ2v) is 9.55. The van der Waals surface area contributed by atoms with E-state index in [9.17, 15) is 39.9 Å². The Labute approximate surface area is 227 Å². The maximum atomic E-state index is 12.9. The number of aliphatic hydroxyl groups excluding tert-OH is 3. The molecule has 6 atom stereocenters. The number of carbonyl (C=O) groups is 2. The quantitative estimate of drug-likeness (QED) is 0.172. The third-order valence-electron chi connectivity index (χ3n) is 6.48. The van der Waals surface area contributed by atoms with Crippen LogP contribution < -0.4 is 15.5 Å². The predicted molar refractivity (Wildman–Crippen MR) is 137 cm³/mol. The van der Waals surface area contributed by atoms with Gasteiger partial charge in [0.25, 0.3) is 5.91 Å². The molecule has 0 spiro atoms. The lowest BCUT2D eigenvalue weighted by Gasteiger charge is -2.39. The smallest absolute Gasteiger partial charge is 0.328 e. The fraction of sp³-hybridized carbons (Fsp3) is 0.370. The average molecular weight is 560 g/mol. The van der Waals surface area contributed by atoms with Gasteiger partial charge in [0.05, 0.1) is 7.11 Å². The number of nitrogens with one attached hydrogen (secondary N) is 1. The maximum Gasteiger partial charge on any atom is 0.328 e. The number of hydrogen-bond acceptors (Lipinski definition) is 12. The molecule has 13 nitrogen and oxygen atoms in total. The number of fused-ring (bicyclic) bond motifs is 1. The van der Waals surface area contributed by atoms with Crippen molar-refractivity contribution in [2.24, 2.45) is 5.92 Å². The van der Waals surface area contributed by atoms with Gasteiger partial charge in [0.2, 0.25) is 12.0 Å². The zero-order valence-electron chi connectivity index (χ0n) is 21.7. The zero-order chi connectivity index (χ0) is 29.3. The lowest BCUT2D eigenvalue weighted by atomic mass is 9.97. The Bertz CT molecular complexity index is 1450. The molecule has 0 aliphatic carbocycles. The molecule has 1 amide bonds. The number of ether oxygens (including phenoxy) is 3. The first-order chi connectivity index (χ1) is 18.9. The lowest BCUT2D eigenvalue weighted by molar-refractivity contribution is -0.267. The van der Waals surface area contributed by atoms with Crippen molar-refractivity contribution in [1.82, 2.24) is 5.32 Å². The molecule has 1 aliphatic rings. The van der Waals surface area contributed by atoms with E-state index in [0.29, 0.717) is 5.56 Å². The molecule has 6 N–H and O–H groups in total. The van der Waals surface area contributed by atoms with Crippen LogP contribution in [-0.2, 0) is 19.1 Å². The van der Waals surface area contributed by atoms with Crippen LogP contribution in [0, 0.1) is 5.92 Å². The van der Waals surface area contributed by atoms with Crippen LogP contribution >= 0.6 is 0 Å². The van der Waals surface area contributed by atoms with E-state index >= 15 is 0 Å². The number of carbonyl (C=O) groups excluding carboxylic acids is 2. The van der Waals surface area contributed by atoms with E-state index in [1.165, 1.54) is 0 Å². The van der Waals surface area contributed by atoms with Gasteiger partial charge in [-0.1, -0.05) is 44.2 Å². The summed E-state index contributed by atoms with van der Waals surface area (Å²) in [5.41, 5.74) is -0.288. The molecule has 0 bridgehead atoms. The first-order valence-corrected chi connectivity index (χ1v) is 12.3. The Kier molecular flexibility index (Phi) is 8.30. The van der Waals surface area contributed by atoms with Gasteiger partial charge >= 0.3 is 5.97 Å². The molecule has 3 aromatic rings. The minimum absolute atomic E-state index is 0.156. The van der Waals surface area contributed by atoms with E-state index in [4.69, 9.17) is 13.9 Å². The molecule has 2 aromatic carbocycles. The summed E-state index contributed by atoms with van der Waals surface area (Å²) in [5.74, 6) is -4.33. The molecule has 0 radical (unpaired) electrons. The molecule has 1 fully saturated rings. The number of aromatic hydroxyl groups is 2. The van der Waals surface area contributed by atoms with Gasteiger partial charge in [0, 0.05) is 17.7 Å². The highest BCUT2D eigenvalue weighted by atomic mass is 16.7. The number of rotatable bonds is 7. The fourth-order valence-electron chi connectivity index (χ4n) is 4.25. The SMILES string of the molecule is COC(=O)[C@@H](NC(=O)[C@H]1O[C@@H](Oc2cc3oc(-c4ccccc4)cc(=O)c3c(O)c2O)[C@@H](O)[C@H](O)[C@@H]1O)C(C)C. The molecule has 0 saturated carbocycles. The molecule has 13 heteroatoms. The number of benzene rings is 2. The number of esters is 1. The predicted octanol–water partition coefficient (Wildman–Crippen LogP) is 0.371. The Balaban J connectivity index is 1.66. The second kappa shape index (κ2) is 11.5. The average Bonchev–Trinajstić information content (AvgIpc) is 2.93. The summed E-state index contributed by atoms with van der Waals surface area (Å²) in [4.78, 5) is 37.7. The van der Waals surface area contributed by atoms with Crippen LogP contribution in [0.15, 0.2) is 51.7 Å². The molecule has 1 aromatic heterocycles. The van der Waals surface area contributed by atoms with Crippen molar-refractivity contribution in [3.8, 4) is 28.6 Å². The van der Waals surface area contributed by atoms with Gasteiger partial charge in [-0.3, -0.25) is 9.59 Å². The summed E-state index contributed by atoms with van der Waals surface area (Å²) < 4.78 is 21.4. The van der Waals surface area contributed by atoms with Crippen LogP contribution in [0.25, 0.3) is 22.3 Å². The van der Waals surface area contributed by atoms with E-state index in [-0.39, 0.29) is 16.7 Å². The van der Waals surface area contributed by atoms with Crippen LogP contribution in [0.3, 0.4) is 0 Å². The molecule has 2 heterocycles. The summed E-state index contributed by atoms with van der Waals surface area (Å²) in [6, 6.07) is 9.70. The van der Waals surface area contributed by atoms with Gasteiger partial charge in [-0.25, -0.2) is 4.79 Å². The third-order valence-corrected chi connectivity index (χ3v) is 6.48. The van der Waals surface area contributed by atoms with Crippen LogP contribution in [0.1, 0.15) is 13.8 Å². The van der Waals surface area contributed by atoms with Gasteiger partial charge in [0.1, 0.15) is 41.1 Å². The molecule has 4 rings (SSSR count). The van der Waals surface area contributed by atoms with E-state index < -0.39 is 77.2 Å². The molecular formula is C27H29NO12. The topological polar surface area (TPSA) is 205 Å². The van der Waals surface area contributed by atoms with Gasteiger partial charge in [-0.2, -0.15) is 0 Å². The first-order valence-electron chi connectivity index (χ1n) is 12.3. The normalized spacial score (nSPS) is 23.5. The fourth-order valence-corrected chi connectivity index (χ4v) is 4.25. The van der Waals surface area contributed by atoms with E-state index in [1.54, 1.807) is 44.2 Å². The van der Waals surface area contributed by atoms with Crippen LogP contribution in [0.4, 0.5) is 0 Å². The first kappa shape index (κ1) is 28.8. The van der Waals surface area contributed by atoms with Crippen molar-refractivity contribution >= 4 is 22.8 Å². The zero-order valence-corrected chi connectivity index (χ0v) is 21.7. The Morgan fingerprint density at radius 2 is 1.65 bits per heavy atom. The van der Waals surface area contributed by atoms with Gasteiger partial charge in [0.15, 0.2) is 23.0 Å². The second-order valence-electron chi connectivity index (χ2n) is 9.55. The molecule has 0 unspecified atom stereocenters. The number of amides is 1. The third kappa shape index (κ3) is 5.45. The molecular weight excluding hydrogens is 530 g/mol. The number of methoxy groups -OCH3 is 1. The van der Waals surface area contributed by atoms with Crippen molar-refractivity contribution in [2.75, 3.05) is 7.11 Å². The number of aliphatic hydroxyl groups is 3. The Hall–Kier alpha value is -4.17. The molecule has 1 saturated heterocycles. The van der Waals surface area contributed by atoms with Crippen molar-refractivity contribution in [2.45, 2.75) is 50.6 Å². The number of phenolic OH excluding ortho intramolecular Hbond substituents is 2. The van der Waals surface area contributed by atoms with Crippen molar-refractivity contribution < 1.29 is 53.7 Å². The van der Waals surface area contributed by atoms with E-state index in [2.05, 4.69) is 10.1 Å². The maximum absolute atomic E-state index is 12.9. The monoisotopic (exact) mass is 559 g/mol. The van der Waals surface area contributed by atoms with Gasteiger partial charge < -0.3 is 49.5 Å².